The fourth-order valence-electron chi connectivity index (χ4n) is 10.9. The van der Waals surface area contributed by atoms with Gasteiger partial charge in [0.25, 0.3) is 0 Å². The van der Waals surface area contributed by atoms with E-state index < -0.39 is 46.3 Å². The summed E-state index contributed by atoms with van der Waals surface area (Å²) in [5, 5.41) is 47.6. The highest BCUT2D eigenvalue weighted by Crippen LogP contribution is 2.79. The maximum absolute atomic E-state index is 12.6. The maximum atomic E-state index is 12.6. The van der Waals surface area contributed by atoms with Crippen LogP contribution in [0.25, 0.3) is 0 Å². The van der Waals surface area contributed by atoms with Crippen molar-refractivity contribution in [3.63, 3.8) is 0 Å². The molecule has 9 nitrogen and oxygen atoms in total. The first-order chi connectivity index (χ1) is 16.2. The summed E-state index contributed by atoms with van der Waals surface area (Å²) in [6.07, 6.45) is -2.06. The van der Waals surface area contributed by atoms with Crippen molar-refractivity contribution in [2.75, 3.05) is 48.1 Å². The Hall–Kier alpha value is -0.360. The molecule has 6 aliphatic rings. The molecule has 0 aromatic carbocycles. The Balaban J connectivity index is 1.66. The number of aliphatic hydroxyl groups excluding tert-OH is 2. The lowest BCUT2D eigenvalue weighted by Gasteiger charge is -2.70. The van der Waals surface area contributed by atoms with Gasteiger partial charge in [-0.1, -0.05) is 6.92 Å². The second-order valence-corrected chi connectivity index (χ2v) is 12.0. The molecule has 0 radical (unpaired) electrons. The first-order valence-corrected chi connectivity index (χ1v) is 12.8. The number of likely N-dealkylation sites (tertiary alicyclic amines) is 1. The van der Waals surface area contributed by atoms with Gasteiger partial charge in [0.05, 0.1) is 42.7 Å². The molecule has 0 aromatic heterocycles. The van der Waals surface area contributed by atoms with E-state index in [0.29, 0.717) is 26.0 Å². The minimum absolute atomic E-state index is 0.0636. The highest BCUT2D eigenvalue weighted by atomic mass is 16.5. The van der Waals surface area contributed by atoms with Crippen molar-refractivity contribution in [2.45, 2.75) is 73.9 Å². The largest absolute Gasteiger partial charge is 0.392 e. The van der Waals surface area contributed by atoms with Crippen molar-refractivity contribution < 1.29 is 39.4 Å². The second kappa shape index (κ2) is 7.36. The number of methoxy groups -OCH3 is 4. The van der Waals surface area contributed by atoms with Gasteiger partial charge < -0.3 is 39.4 Å². The predicted octanol–water partition coefficient (Wildman–Crippen LogP) is -0.758. The van der Waals surface area contributed by atoms with Crippen molar-refractivity contribution in [2.24, 2.45) is 34.5 Å². The zero-order chi connectivity index (χ0) is 24.4. The summed E-state index contributed by atoms with van der Waals surface area (Å²) in [7, 11) is 6.61. The van der Waals surface area contributed by atoms with Crippen LogP contribution in [0.2, 0.25) is 0 Å². The Labute approximate surface area is 201 Å². The summed E-state index contributed by atoms with van der Waals surface area (Å²) in [6, 6.07) is -0.0636. The topological polar surface area (TPSA) is 121 Å². The van der Waals surface area contributed by atoms with Crippen LogP contribution in [-0.4, -0.2) is 121 Å². The van der Waals surface area contributed by atoms with Gasteiger partial charge in [-0.15, -0.1) is 0 Å². The molecule has 34 heavy (non-hydrogen) atoms. The Morgan fingerprint density at radius 2 is 1.62 bits per heavy atom. The Morgan fingerprint density at radius 1 is 0.912 bits per heavy atom. The molecule has 7 bridgehead atoms. The molecule has 14 unspecified atom stereocenters. The van der Waals surface area contributed by atoms with Crippen molar-refractivity contribution >= 4 is 0 Å². The molecule has 0 aromatic rings. The van der Waals surface area contributed by atoms with Gasteiger partial charge in [-0.3, -0.25) is 4.90 Å². The highest BCUT2D eigenvalue weighted by Gasteiger charge is 2.89. The van der Waals surface area contributed by atoms with Crippen LogP contribution >= 0.6 is 0 Å². The quantitative estimate of drug-likeness (QED) is 0.386. The molecule has 0 amide bonds. The molecular weight excluding hydrogens is 442 g/mol. The summed E-state index contributed by atoms with van der Waals surface area (Å²) < 4.78 is 24.0. The lowest BCUT2D eigenvalue weighted by molar-refractivity contribution is -0.298. The van der Waals surface area contributed by atoms with Gasteiger partial charge in [0, 0.05) is 82.5 Å². The lowest BCUT2D eigenvalue weighted by Crippen LogP contribution is -2.78. The third-order valence-electron chi connectivity index (χ3n) is 11.6. The molecule has 5 saturated carbocycles. The first kappa shape index (κ1) is 24.0. The van der Waals surface area contributed by atoms with E-state index in [1.807, 2.05) is 0 Å². The number of piperidine rings is 1. The predicted molar refractivity (Wildman–Crippen MR) is 120 cm³/mol. The summed E-state index contributed by atoms with van der Waals surface area (Å²) in [5.74, 6) is -1.20. The van der Waals surface area contributed by atoms with E-state index in [0.717, 1.165) is 6.54 Å². The number of rotatable bonds is 6. The molecule has 1 heterocycles. The van der Waals surface area contributed by atoms with Gasteiger partial charge in [0.1, 0.15) is 5.60 Å². The van der Waals surface area contributed by atoms with Gasteiger partial charge >= 0.3 is 0 Å². The van der Waals surface area contributed by atoms with E-state index in [4.69, 9.17) is 18.9 Å². The molecule has 4 N–H and O–H groups in total. The minimum atomic E-state index is -1.43. The molecule has 14 atom stereocenters. The molecule has 6 rings (SSSR count). The molecule has 1 saturated heterocycles. The van der Waals surface area contributed by atoms with E-state index >= 15 is 0 Å². The van der Waals surface area contributed by atoms with E-state index in [2.05, 4.69) is 11.8 Å². The van der Waals surface area contributed by atoms with Gasteiger partial charge in [0.15, 0.2) is 0 Å². The molecule has 1 spiro atoms. The molecule has 5 aliphatic carbocycles. The van der Waals surface area contributed by atoms with E-state index in [9.17, 15) is 20.4 Å². The number of hydrogen-bond acceptors (Lipinski definition) is 9. The summed E-state index contributed by atoms with van der Waals surface area (Å²) in [4.78, 5) is 2.39. The second-order valence-electron chi connectivity index (χ2n) is 12.0. The number of aliphatic hydroxyl groups is 4. The standard InChI is InChI=1S/C25H41NO8/c1-6-26-10-22(11-31-2)13(27)7-14(32-3)25-12-8-23(29)15(33-4)9-24(30,16(12)21(23)28)17(20(25)26)18(34-5)19(22)25/h12-21,27-30H,6-11H2,1-5H3. The zero-order valence-corrected chi connectivity index (χ0v) is 20.9. The monoisotopic (exact) mass is 483 g/mol. The van der Waals surface area contributed by atoms with Gasteiger partial charge in [-0.25, -0.2) is 0 Å². The lowest BCUT2D eigenvalue weighted by atomic mass is 9.42. The average Bonchev–Trinajstić information content (AvgIpc) is 3.17. The highest BCUT2D eigenvalue weighted by molar-refractivity contribution is 5.38. The van der Waals surface area contributed by atoms with Crippen LogP contribution in [0.3, 0.4) is 0 Å². The summed E-state index contributed by atoms with van der Waals surface area (Å²) in [5.41, 5.74) is -3.83. The van der Waals surface area contributed by atoms with Crippen LogP contribution in [0.1, 0.15) is 26.2 Å². The Morgan fingerprint density at radius 3 is 2.21 bits per heavy atom. The molecule has 6 fully saturated rings. The fraction of sp³-hybridized carbons (Fsp3) is 1.00. The van der Waals surface area contributed by atoms with Crippen molar-refractivity contribution in [1.82, 2.24) is 4.90 Å². The van der Waals surface area contributed by atoms with Gasteiger partial charge in [-0.2, -0.15) is 0 Å². The minimum Gasteiger partial charge on any atom is -0.392 e. The van der Waals surface area contributed by atoms with Crippen LogP contribution in [0, 0.1) is 34.5 Å². The van der Waals surface area contributed by atoms with Crippen molar-refractivity contribution in [1.29, 1.82) is 0 Å². The summed E-state index contributed by atoms with van der Waals surface area (Å²) >= 11 is 0. The van der Waals surface area contributed by atoms with Crippen LogP contribution < -0.4 is 0 Å². The van der Waals surface area contributed by atoms with Crippen molar-refractivity contribution in [3.05, 3.63) is 0 Å². The van der Waals surface area contributed by atoms with E-state index in [-0.39, 0.29) is 42.4 Å². The average molecular weight is 484 g/mol. The van der Waals surface area contributed by atoms with Crippen LogP contribution in [0.4, 0.5) is 0 Å². The van der Waals surface area contributed by atoms with Gasteiger partial charge in [0.2, 0.25) is 0 Å². The smallest absolute Gasteiger partial charge is 0.117 e. The Kier molecular flexibility index (Phi) is 5.19. The number of ether oxygens (including phenoxy) is 4. The van der Waals surface area contributed by atoms with Crippen molar-refractivity contribution in [3.8, 4) is 0 Å². The van der Waals surface area contributed by atoms with E-state index in [1.165, 1.54) is 0 Å². The molecule has 9 heteroatoms. The third-order valence-corrected chi connectivity index (χ3v) is 11.6. The van der Waals surface area contributed by atoms with Crippen LogP contribution in [0.5, 0.6) is 0 Å². The molecule has 194 valence electrons. The molecular formula is C25H41NO8. The van der Waals surface area contributed by atoms with Gasteiger partial charge in [-0.05, 0) is 18.9 Å². The number of nitrogens with zero attached hydrogens (tertiary/aromatic N) is 1. The maximum Gasteiger partial charge on any atom is 0.117 e. The Bertz CT molecular complexity index is 846. The normalized spacial score (nSPS) is 61.7. The van der Waals surface area contributed by atoms with Crippen LogP contribution in [0.15, 0.2) is 0 Å². The first-order valence-electron chi connectivity index (χ1n) is 12.8. The van der Waals surface area contributed by atoms with E-state index in [1.54, 1.807) is 28.4 Å². The zero-order valence-electron chi connectivity index (χ0n) is 20.9. The SMILES string of the molecule is CCN1CC2(COC)C(O)CC(OC)C34C5CC6(O)C(OC)CC(O)(C5C6O)C(C(OC)C23)C14. The number of hydrogen-bond donors (Lipinski definition) is 4. The number of fused-ring (bicyclic) bond motifs is 2. The summed E-state index contributed by atoms with van der Waals surface area (Å²) in [6.45, 7) is 3.88. The van der Waals surface area contributed by atoms with Crippen LogP contribution in [-0.2, 0) is 18.9 Å². The third kappa shape index (κ3) is 2.26. The fourth-order valence-corrected chi connectivity index (χ4v) is 10.9. The molecule has 1 aliphatic heterocycles.